The largest absolute Gasteiger partial charge is 0.490 e. The molecule has 0 bridgehead atoms. The fraction of sp³-hybridized carbons (Fsp3) is 0.704. The minimum Gasteiger partial charge on any atom is -0.490 e. The Kier molecular flexibility index (Phi) is 9.00. The summed E-state index contributed by atoms with van der Waals surface area (Å²) >= 11 is 6.12. The number of halogens is 1. The fourth-order valence-corrected chi connectivity index (χ4v) is 5.79. The van der Waals surface area contributed by atoms with Crippen molar-refractivity contribution in [2.24, 2.45) is 11.8 Å². The van der Waals surface area contributed by atoms with Crippen LogP contribution in [0, 0.1) is 11.8 Å². The molecule has 0 spiro atoms. The van der Waals surface area contributed by atoms with Crippen LogP contribution in [-0.4, -0.2) is 62.1 Å². The summed E-state index contributed by atoms with van der Waals surface area (Å²) in [6.45, 7) is 1.81. The van der Waals surface area contributed by atoms with Crippen LogP contribution in [-0.2, 0) is 23.7 Å². The van der Waals surface area contributed by atoms with Crippen molar-refractivity contribution in [3.8, 4) is 5.75 Å². The molecule has 1 aromatic rings. The third kappa shape index (κ3) is 6.98. The number of aliphatic hydroxyl groups excluding tert-OH is 1. The molecule has 4 aliphatic rings. The van der Waals surface area contributed by atoms with Crippen LogP contribution in [0.15, 0.2) is 36.4 Å². The van der Waals surface area contributed by atoms with E-state index in [2.05, 4.69) is 12.2 Å². The number of fused-ring (bicyclic) bond motifs is 1. The second-order valence-corrected chi connectivity index (χ2v) is 10.4. The molecule has 5 rings (SSSR count). The van der Waals surface area contributed by atoms with Gasteiger partial charge in [-0.15, -0.1) is 0 Å². The molecule has 35 heavy (non-hydrogen) atoms. The van der Waals surface area contributed by atoms with Gasteiger partial charge in [0, 0.05) is 37.0 Å². The Labute approximate surface area is 212 Å². The van der Waals surface area contributed by atoms with Crippen LogP contribution < -0.4 is 4.74 Å². The zero-order chi connectivity index (χ0) is 24.0. The topological polar surface area (TPSA) is 75.6 Å². The van der Waals surface area contributed by atoms with Gasteiger partial charge in [0.2, 0.25) is 0 Å². The highest BCUT2D eigenvalue weighted by atomic mass is 35.5. The second kappa shape index (κ2) is 12.4. The van der Waals surface area contributed by atoms with E-state index in [1.54, 1.807) is 6.07 Å². The van der Waals surface area contributed by atoms with Crippen molar-refractivity contribution >= 4 is 11.6 Å². The summed E-state index contributed by atoms with van der Waals surface area (Å²) in [5.74, 6) is 1.01. The Hall–Kier alpha value is -1.19. The molecule has 3 saturated heterocycles. The van der Waals surface area contributed by atoms with Crippen LogP contribution in [0.25, 0.3) is 0 Å². The minimum absolute atomic E-state index is 0.00278. The van der Waals surface area contributed by atoms with Gasteiger partial charge in [-0.2, -0.15) is 0 Å². The number of rotatable bonds is 9. The van der Waals surface area contributed by atoms with Crippen molar-refractivity contribution in [1.82, 2.24) is 0 Å². The molecule has 194 valence electrons. The SMILES string of the molecule is OC1C[C@@H]2[C@@H](C=C[C@H](COc3cccc(Cl)c3)OC3CCCCO3)[C@H](OC3CCCCO3)C[C@@H]2O1. The number of ether oxygens (including phenoxy) is 6. The van der Waals surface area contributed by atoms with Gasteiger partial charge in [-0.3, -0.25) is 0 Å². The Morgan fingerprint density at radius 1 is 1.06 bits per heavy atom. The molecule has 7 nitrogen and oxygen atoms in total. The first-order valence-corrected chi connectivity index (χ1v) is 13.5. The third-order valence-electron chi connectivity index (χ3n) is 7.36. The van der Waals surface area contributed by atoms with Crippen molar-refractivity contribution in [1.29, 1.82) is 0 Å². The van der Waals surface area contributed by atoms with E-state index in [1.165, 1.54) is 0 Å². The van der Waals surface area contributed by atoms with Gasteiger partial charge < -0.3 is 33.5 Å². The summed E-state index contributed by atoms with van der Waals surface area (Å²) in [6.07, 6.45) is 10.3. The molecular formula is C27H37ClO7. The lowest BCUT2D eigenvalue weighted by Gasteiger charge is -2.30. The molecule has 3 aliphatic heterocycles. The number of hydrogen-bond donors (Lipinski definition) is 1. The maximum atomic E-state index is 10.1. The zero-order valence-corrected chi connectivity index (χ0v) is 20.9. The van der Waals surface area contributed by atoms with Crippen molar-refractivity contribution in [3.05, 3.63) is 41.4 Å². The quantitative estimate of drug-likeness (QED) is 0.478. The van der Waals surface area contributed by atoms with Gasteiger partial charge in [-0.25, -0.2) is 0 Å². The summed E-state index contributed by atoms with van der Waals surface area (Å²) in [7, 11) is 0. The van der Waals surface area contributed by atoms with E-state index in [-0.39, 0.29) is 42.7 Å². The van der Waals surface area contributed by atoms with Gasteiger partial charge in [0.1, 0.15) is 18.5 Å². The minimum atomic E-state index is -0.707. The average molecular weight is 509 g/mol. The molecule has 1 aromatic carbocycles. The van der Waals surface area contributed by atoms with E-state index in [1.807, 2.05) is 18.2 Å². The van der Waals surface area contributed by atoms with Gasteiger partial charge in [0.25, 0.3) is 0 Å². The van der Waals surface area contributed by atoms with Crippen LogP contribution in [0.4, 0.5) is 0 Å². The van der Waals surface area contributed by atoms with Crippen LogP contribution in [0.5, 0.6) is 5.75 Å². The van der Waals surface area contributed by atoms with E-state index in [0.717, 1.165) is 58.2 Å². The summed E-state index contributed by atoms with van der Waals surface area (Å²) < 4.78 is 36.2. The lowest BCUT2D eigenvalue weighted by molar-refractivity contribution is -0.196. The van der Waals surface area contributed by atoms with E-state index in [4.69, 9.17) is 40.0 Å². The van der Waals surface area contributed by atoms with Crippen LogP contribution in [0.3, 0.4) is 0 Å². The monoisotopic (exact) mass is 508 g/mol. The van der Waals surface area contributed by atoms with Crippen molar-refractivity contribution < 1.29 is 33.5 Å². The number of aliphatic hydroxyl groups is 1. The molecule has 0 amide bonds. The summed E-state index contributed by atoms with van der Waals surface area (Å²) in [5, 5.41) is 10.7. The Morgan fingerprint density at radius 2 is 1.86 bits per heavy atom. The highest BCUT2D eigenvalue weighted by Gasteiger charge is 2.49. The van der Waals surface area contributed by atoms with Crippen LogP contribution >= 0.6 is 11.6 Å². The van der Waals surface area contributed by atoms with E-state index < -0.39 is 6.29 Å². The molecule has 0 radical (unpaired) electrons. The maximum Gasteiger partial charge on any atom is 0.158 e. The lowest BCUT2D eigenvalue weighted by atomic mass is 9.91. The number of hydrogen-bond acceptors (Lipinski definition) is 7. The van der Waals surface area contributed by atoms with E-state index >= 15 is 0 Å². The lowest BCUT2D eigenvalue weighted by Crippen LogP contribution is -2.32. The fourth-order valence-electron chi connectivity index (χ4n) is 5.61. The Bertz CT molecular complexity index is 824. The molecule has 8 atom stereocenters. The number of benzene rings is 1. The molecule has 4 fully saturated rings. The molecule has 3 heterocycles. The first-order chi connectivity index (χ1) is 17.1. The van der Waals surface area contributed by atoms with E-state index in [0.29, 0.717) is 23.8 Å². The predicted octanol–water partition coefficient (Wildman–Crippen LogP) is 4.84. The summed E-state index contributed by atoms with van der Waals surface area (Å²) in [4.78, 5) is 0. The van der Waals surface area contributed by atoms with Gasteiger partial charge in [0.05, 0.1) is 12.2 Å². The third-order valence-corrected chi connectivity index (χ3v) is 7.59. The Morgan fingerprint density at radius 3 is 2.60 bits per heavy atom. The van der Waals surface area contributed by atoms with Crippen LogP contribution in [0.1, 0.15) is 51.4 Å². The molecule has 1 N–H and O–H groups in total. The van der Waals surface area contributed by atoms with Gasteiger partial charge >= 0.3 is 0 Å². The van der Waals surface area contributed by atoms with E-state index in [9.17, 15) is 5.11 Å². The smallest absolute Gasteiger partial charge is 0.158 e. The highest BCUT2D eigenvalue weighted by Crippen LogP contribution is 2.45. The van der Waals surface area contributed by atoms with Crippen molar-refractivity contribution in [2.75, 3.05) is 19.8 Å². The molecule has 1 aliphatic carbocycles. The highest BCUT2D eigenvalue weighted by molar-refractivity contribution is 6.30. The molecule has 8 heteroatoms. The first-order valence-electron chi connectivity index (χ1n) is 13.1. The zero-order valence-electron chi connectivity index (χ0n) is 20.1. The maximum absolute atomic E-state index is 10.1. The second-order valence-electron chi connectivity index (χ2n) is 9.94. The summed E-state index contributed by atoms with van der Waals surface area (Å²) in [6, 6.07) is 7.37. The summed E-state index contributed by atoms with van der Waals surface area (Å²) in [5.41, 5.74) is 0. The van der Waals surface area contributed by atoms with Crippen molar-refractivity contribution in [3.63, 3.8) is 0 Å². The first kappa shape index (κ1) is 25.5. The Balaban J connectivity index is 1.28. The van der Waals surface area contributed by atoms with Crippen molar-refractivity contribution in [2.45, 2.75) is 88.5 Å². The predicted molar refractivity (Wildman–Crippen MR) is 130 cm³/mol. The molecule has 0 aromatic heterocycles. The van der Waals surface area contributed by atoms with Gasteiger partial charge in [0.15, 0.2) is 18.9 Å². The molecule has 1 saturated carbocycles. The standard InChI is InChI=1S/C27H37ClO7/c28-18-6-5-7-19(14-18)32-17-20(33-26-8-1-3-12-30-26)10-11-21-22-15-25(29)34-24(22)16-23(21)35-27-9-2-4-13-31-27/h5-7,10-11,14,20-27,29H,1-4,8-9,12-13,15-17H2/t20-,21-,22-,23-,24+,25?,26?,27?/m1/s1. The van der Waals surface area contributed by atoms with Gasteiger partial charge in [-0.1, -0.05) is 29.8 Å². The molecule has 3 unspecified atom stereocenters. The average Bonchev–Trinajstić information content (AvgIpc) is 3.37. The van der Waals surface area contributed by atoms with Crippen LogP contribution in [0.2, 0.25) is 5.02 Å². The normalized spacial score (nSPS) is 36.3. The molecular weight excluding hydrogens is 472 g/mol. The van der Waals surface area contributed by atoms with Gasteiger partial charge in [-0.05, 0) is 62.6 Å².